The lowest BCUT2D eigenvalue weighted by atomic mass is 10.2. The Morgan fingerprint density at radius 3 is 2.82 bits per heavy atom. The molecule has 4 nitrogen and oxygen atoms in total. The van der Waals surface area contributed by atoms with Gasteiger partial charge in [-0.05, 0) is 31.4 Å². The van der Waals surface area contributed by atoms with Gasteiger partial charge in [0.15, 0.2) is 5.96 Å². The molecular weight excluding hydrogens is 292 g/mol. The zero-order valence-corrected chi connectivity index (χ0v) is 14.5. The zero-order valence-electron chi connectivity index (χ0n) is 13.7. The van der Waals surface area contributed by atoms with Gasteiger partial charge in [0.1, 0.15) is 0 Å². The fraction of sp³-hybridized carbons (Fsp3) is 0.529. The van der Waals surface area contributed by atoms with Gasteiger partial charge < -0.3 is 10.6 Å². The van der Waals surface area contributed by atoms with Crippen molar-refractivity contribution < 1.29 is 0 Å². The standard InChI is InChI=1S/C17H26N4S/c1-4-18-17(20-12-13(2)3)19-11-7-10-16-21-14-8-5-6-9-15(14)22-16/h5-6,8-9,13H,4,7,10-12H2,1-3H3,(H2,18,19,20). The lowest BCUT2D eigenvalue weighted by molar-refractivity contribution is 0.654. The summed E-state index contributed by atoms with van der Waals surface area (Å²) >= 11 is 1.80. The van der Waals surface area contributed by atoms with Gasteiger partial charge in [0.05, 0.1) is 15.2 Å². The molecule has 1 aromatic carbocycles. The third-order valence-electron chi connectivity index (χ3n) is 3.16. The third kappa shape index (κ3) is 5.30. The van der Waals surface area contributed by atoms with E-state index in [4.69, 9.17) is 0 Å². The molecule has 0 saturated heterocycles. The average molecular weight is 318 g/mol. The fourth-order valence-corrected chi connectivity index (χ4v) is 3.10. The Morgan fingerprint density at radius 1 is 1.27 bits per heavy atom. The first kappa shape index (κ1) is 16.7. The minimum Gasteiger partial charge on any atom is -0.357 e. The first-order chi connectivity index (χ1) is 10.7. The van der Waals surface area contributed by atoms with Crippen molar-refractivity contribution in [2.75, 3.05) is 19.6 Å². The molecule has 0 aliphatic carbocycles. The van der Waals surface area contributed by atoms with Gasteiger partial charge in [-0.15, -0.1) is 11.3 Å². The van der Waals surface area contributed by atoms with Crippen molar-refractivity contribution in [1.29, 1.82) is 0 Å². The van der Waals surface area contributed by atoms with E-state index in [0.29, 0.717) is 5.92 Å². The van der Waals surface area contributed by atoms with E-state index in [2.05, 4.69) is 59.6 Å². The van der Waals surface area contributed by atoms with Crippen molar-refractivity contribution in [2.45, 2.75) is 33.6 Å². The molecule has 0 spiro atoms. The van der Waals surface area contributed by atoms with Gasteiger partial charge in [0.2, 0.25) is 0 Å². The topological polar surface area (TPSA) is 49.3 Å². The lowest BCUT2D eigenvalue weighted by Gasteiger charge is -2.11. The Kier molecular flexibility index (Phi) is 6.65. The Labute approximate surface area is 137 Å². The SMILES string of the molecule is CCNC(=NCC(C)C)NCCCc1nc2ccccc2s1. The first-order valence-electron chi connectivity index (χ1n) is 8.05. The van der Waals surface area contributed by atoms with E-state index >= 15 is 0 Å². The quantitative estimate of drug-likeness (QED) is 0.467. The molecule has 2 N–H and O–H groups in total. The van der Waals surface area contributed by atoms with Gasteiger partial charge in [-0.2, -0.15) is 0 Å². The molecule has 0 unspecified atom stereocenters. The first-order valence-corrected chi connectivity index (χ1v) is 8.87. The number of nitrogens with one attached hydrogen (secondary N) is 2. The Bertz CT molecular complexity index is 570. The highest BCUT2D eigenvalue weighted by atomic mass is 32.1. The molecular formula is C17H26N4S. The van der Waals surface area contributed by atoms with Crippen LogP contribution >= 0.6 is 11.3 Å². The van der Waals surface area contributed by atoms with Crippen LogP contribution in [0.4, 0.5) is 0 Å². The molecule has 1 heterocycles. The largest absolute Gasteiger partial charge is 0.357 e. The predicted octanol–water partition coefficient (Wildman–Crippen LogP) is 3.44. The van der Waals surface area contributed by atoms with Crippen LogP contribution in [0.25, 0.3) is 10.2 Å². The van der Waals surface area contributed by atoms with Crippen LogP contribution in [-0.4, -0.2) is 30.6 Å². The second kappa shape index (κ2) is 8.73. The molecule has 0 atom stereocenters. The number of aliphatic imine (C=N–C) groups is 1. The highest BCUT2D eigenvalue weighted by Crippen LogP contribution is 2.22. The summed E-state index contributed by atoms with van der Waals surface area (Å²) in [5, 5.41) is 7.89. The number of para-hydroxylation sites is 1. The lowest BCUT2D eigenvalue weighted by Crippen LogP contribution is -2.38. The second-order valence-corrected chi connectivity index (χ2v) is 6.83. The van der Waals surface area contributed by atoms with Gasteiger partial charge >= 0.3 is 0 Å². The summed E-state index contributed by atoms with van der Waals surface area (Å²) in [7, 11) is 0. The molecule has 0 saturated carbocycles. The summed E-state index contributed by atoms with van der Waals surface area (Å²) in [6, 6.07) is 8.33. The van der Waals surface area contributed by atoms with Gasteiger partial charge in [-0.1, -0.05) is 26.0 Å². The number of aromatic nitrogens is 1. The normalized spacial score (nSPS) is 12.1. The average Bonchev–Trinajstić information content (AvgIpc) is 2.91. The molecule has 0 bridgehead atoms. The molecule has 0 aliphatic rings. The molecule has 22 heavy (non-hydrogen) atoms. The van der Waals surface area contributed by atoms with Crippen molar-refractivity contribution in [1.82, 2.24) is 15.6 Å². The molecule has 120 valence electrons. The molecule has 2 rings (SSSR count). The smallest absolute Gasteiger partial charge is 0.191 e. The second-order valence-electron chi connectivity index (χ2n) is 5.72. The van der Waals surface area contributed by atoms with E-state index in [0.717, 1.165) is 44.0 Å². The molecule has 1 aromatic heterocycles. The summed E-state index contributed by atoms with van der Waals surface area (Å²) in [6.07, 6.45) is 2.07. The molecule has 0 aliphatic heterocycles. The zero-order chi connectivity index (χ0) is 15.8. The highest BCUT2D eigenvalue weighted by molar-refractivity contribution is 7.18. The summed E-state index contributed by atoms with van der Waals surface area (Å²) < 4.78 is 1.28. The number of hydrogen-bond donors (Lipinski definition) is 2. The van der Waals surface area contributed by atoms with Crippen LogP contribution in [0.1, 0.15) is 32.2 Å². The van der Waals surface area contributed by atoms with E-state index in [1.54, 1.807) is 11.3 Å². The maximum atomic E-state index is 4.67. The van der Waals surface area contributed by atoms with Crippen molar-refractivity contribution in [2.24, 2.45) is 10.9 Å². The fourth-order valence-electron chi connectivity index (χ4n) is 2.09. The van der Waals surface area contributed by atoms with Crippen LogP contribution in [0.3, 0.4) is 0 Å². The number of guanidine groups is 1. The highest BCUT2D eigenvalue weighted by Gasteiger charge is 2.03. The maximum absolute atomic E-state index is 4.67. The molecule has 0 fully saturated rings. The van der Waals surface area contributed by atoms with E-state index in [1.165, 1.54) is 9.71 Å². The minimum atomic E-state index is 0.582. The summed E-state index contributed by atoms with van der Waals surface area (Å²) in [5.74, 6) is 1.50. The molecule has 5 heteroatoms. The predicted molar refractivity (Wildman–Crippen MR) is 96.8 cm³/mol. The Balaban J connectivity index is 1.78. The van der Waals surface area contributed by atoms with Crippen LogP contribution in [0, 0.1) is 5.92 Å². The van der Waals surface area contributed by atoms with E-state index < -0.39 is 0 Å². The number of aryl methyl sites for hydroxylation is 1. The number of hydrogen-bond acceptors (Lipinski definition) is 3. The molecule has 0 amide bonds. The van der Waals surface area contributed by atoms with Crippen LogP contribution < -0.4 is 10.6 Å². The Morgan fingerprint density at radius 2 is 2.09 bits per heavy atom. The monoisotopic (exact) mass is 318 g/mol. The van der Waals surface area contributed by atoms with Gasteiger partial charge in [-0.3, -0.25) is 4.99 Å². The Hall–Kier alpha value is -1.62. The molecule has 2 aromatic rings. The van der Waals surface area contributed by atoms with Gasteiger partial charge in [0, 0.05) is 26.1 Å². The number of thiazole rings is 1. The maximum Gasteiger partial charge on any atom is 0.191 e. The van der Waals surface area contributed by atoms with Gasteiger partial charge in [0.25, 0.3) is 0 Å². The van der Waals surface area contributed by atoms with E-state index in [-0.39, 0.29) is 0 Å². The van der Waals surface area contributed by atoms with Crippen LogP contribution in [0.2, 0.25) is 0 Å². The van der Waals surface area contributed by atoms with Gasteiger partial charge in [-0.25, -0.2) is 4.98 Å². The third-order valence-corrected chi connectivity index (χ3v) is 4.25. The van der Waals surface area contributed by atoms with Crippen LogP contribution in [0.5, 0.6) is 0 Å². The van der Waals surface area contributed by atoms with Crippen molar-refractivity contribution in [3.63, 3.8) is 0 Å². The van der Waals surface area contributed by atoms with E-state index in [9.17, 15) is 0 Å². The number of fused-ring (bicyclic) bond motifs is 1. The summed E-state index contributed by atoms with van der Waals surface area (Å²) in [5.41, 5.74) is 1.11. The summed E-state index contributed by atoms with van der Waals surface area (Å²) in [4.78, 5) is 9.24. The van der Waals surface area contributed by atoms with Crippen molar-refractivity contribution >= 4 is 27.5 Å². The summed E-state index contributed by atoms with van der Waals surface area (Å²) in [6.45, 7) is 9.11. The molecule has 0 radical (unpaired) electrons. The number of benzene rings is 1. The number of rotatable bonds is 7. The van der Waals surface area contributed by atoms with Crippen LogP contribution in [-0.2, 0) is 6.42 Å². The van der Waals surface area contributed by atoms with Crippen molar-refractivity contribution in [3.8, 4) is 0 Å². The van der Waals surface area contributed by atoms with E-state index in [1.807, 2.05) is 6.07 Å². The minimum absolute atomic E-state index is 0.582. The van der Waals surface area contributed by atoms with Crippen LogP contribution in [0.15, 0.2) is 29.3 Å². The number of nitrogens with zero attached hydrogens (tertiary/aromatic N) is 2. The van der Waals surface area contributed by atoms with Crippen molar-refractivity contribution in [3.05, 3.63) is 29.3 Å².